The van der Waals surface area contributed by atoms with Gasteiger partial charge < -0.3 is 14.6 Å². The fraction of sp³-hybridized carbons (Fsp3) is 0.556. The summed E-state index contributed by atoms with van der Waals surface area (Å²) in [7, 11) is 0. The molecule has 2 atom stereocenters. The number of benzene rings is 1. The van der Waals surface area contributed by atoms with E-state index in [4.69, 9.17) is 9.47 Å². The lowest BCUT2D eigenvalue weighted by Gasteiger charge is -2.31. The highest BCUT2D eigenvalue weighted by molar-refractivity contribution is 5.75. The van der Waals surface area contributed by atoms with Crippen molar-refractivity contribution in [2.24, 2.45) is 0 Å². The van der Waals surface area contributed by atoms with Gasteiger partial charge in [-0.2, -0.15) is 0 Å². The number of hydrogen-bond acceptors (Lipinski definition) is 5. The van der Waals surface area contributed by atoms with Crippen molar-refractivity contribution in [3.8, 4) is 0 Å². The summed E-state index contributed by atoms with van der Waals surface area (Å²) in [6.45, 7) is 6.89. The van der Waals surface area contributed by atoms with Crippen molar-refractivity contribution in [2.45, 2.75) is 58.5 Å². The maximum atomic E-state index is 12.5. The van der Waals surface area contributed by atoms with Crippen LogP contribution in [0.1, 0.15) is 33.3 Å². The molecule has 2 rings (SSSR count). The standard InChI is InChI=1S/C18H26N2O5/c1-12(2)24-17(22)19-11-16(21)15(10-14-8-6-5-7-9-14)20(19)18(23)25-13(3)4/h5-9,12-13,15-16,21H,10-11H2,1-4H3/t15-,16+/m1/s1. The van der Waals surface area contributed by atoms with Crippen molar-refractivity contribution in [3.63, 3.8) is 0 Å². The molecule has 0 saturated carbocycles. The summed E-state index contributed by atoms with van der Waals surface area (Å²) >= 11 is 0. The van der Waals surface area contributed by atoms with E-state index >= 15 is 0 Å². The van der Waals surface area contributed by atoms with E-state index < -0.39 is 24.3 Å². The fourth-order valence-corrected chi connectivity index (χ4v) is 2.72. The van der Waals surface area contributed by atoms with Gasteiger partial charge in [-0.15, -0.1) is 0 Å². The number of aliphatic hydroxyl groups excluding tert-OH is 1. The second-order valence-electron chi connectivity index (χ2n) is 6.62. The van der Waals surface area contributed by atoms with Crippen LogP contribution in [0.3, 0.4) is 0 Å². The predicted molar refractivity (Wildman–Crippen MR) is 91.7 cm³/mol. The van der Waals surface area contributed by atoms with Gasteiger partial charge in [-0.05, 0) is 39.7 Å². The highest BCUT2D eigenvalue weighted by Gasteiger charge is 2.46. The molecule has 0 radical (unpaired) electrons. The summed E-state index contributed by atoms with van der Waals surface area (Å²) in [4.78, 5) is 24.9. The zero-order chi connectivity index (χ0) is 18.6. The highest BCUT2D eigenvalue weighted by Crippen LogP contribution is 2.25. The van der Waals surface area contributed by atoms with E-state index in [0.717, 1.165) is 10.6 Å². The van der Waals surface area contributed by atoms with Crippen LogP contribution in [0.2, 0.25) is 0 Å². The number of carbonyl (C=O) groups is 2. The van der Waals surface area contributed by atoms with Crippen LogP contribution in [0.15, 0.2) is 30.3 Å². The van der Waals surface area contributed by atoms with E-state index in [1.54, 1.807) is 27.7 Å². The SMILES string of the molecule is CC(C)OC(=O)N1C[C@H](O)[C@@H](Cc2ccccc2)N1C(=O)OC(C)C. The maximum absolute atomic E-state index is 12.5. The number of hydrazine groups is 1. The van der Waals surface area contributed by atoms with Crippen LogP contribution in [0.4, 0.5) is 9.59 Å². The molecule has 1 aliphatic rings. The minimum absolute atomic E-state index is 0.0176. The third kappa shape index (κ3) is 4.85. The quantitative estimate of drug-likeness (QED) is 0.903. The van der Waals surface area contributed by atoms with Crippen molar-refractivity contribution < 1.29 is 24.2 Å². The maximum Gasteiger partial charge on any atom is 0.429 e. The second-order valence-corrected chi connectivity index (χ2v) is 6.62. The van der Waals surface area contributed by atoms with Crippen LogP contribution in [0.5, 0.6) is 0 Å². The van der Waals surface area contributed by atoms with Crippen molar-refractivity contribution >= 4 is 12.2 Å². The molecule has 25 heavy (non-hydrogen) atoms. The lowest BCUT2D eigenvalue weighted by Crippen LogP contribution is -2.50. The van der Waals surface area contributed by atoms with Crippen LogP contribution in [0.25, 0.3) is 0 Å². The second kappa shape index (κ2) is 8.20. The first-order chi connectivity index (χ1) is 11.8. The molecular weight excluding hydrogens is 324 g/mol. The van der Waals surface area contributed by atoms with E-state index in [0.29, 0.717) is 6.42 Å². The summed E-state index contributed by atoms with van der Waals surface area (Å²) < 4.78 is 10.5. The normalized spacial score (nSPS) is 20.3. The number of nitrogens with zero attached hydrogens (tertiary/aromatic N) is 2. The largest absolute Gasteiger partial charge is 0.445 e. The van der Waals surface area contributed by atoms with Crippen molar-refractivity contribution in [3.05, 3.63) is 35.9 Å². The first kappa shape index (κ1) is 19.1. The molecule has 7 nitrogen and oxygen atoms in total. The molecule has 1 N–H and O–H groups in total. The molecule has 1 aromatic carbocycles. The van der Waals surface area contributed by atoms with Crippen LogP contribution in [-0.2, 0) is 15.9 Å². The molecular formula is C18H26N2O5. The minimum Gasteiger partial charge on any atom is -0.445 e. The molecule has 0 aromatic heterocycles. The number of rotatable bonds is 4. The zero-order valence-corrected chi connectivity index (χ0v) is 15.1. The summed E-state index contributed by atoms with van der Waals surface area (Å²) in [5, 5.41) is 12.8. The Morgan fingerprint density at radius 1 is 1.08 bits per heavy atom. The van der Waals surface area contributed by atoms with Gasteiger partial charge in [0.1, 0.15) is 0 Å². The number of amides is 2. The van der Waals surface area contributed by atoms with Crippen molar-refractivity contribution in [1.29, 1.82) is 0 Å². The van der Waals surface area contributed by atoms with Gasteiger partial charge in [0.15, 0.2) is 0 Å². The van der Waals surface area contributed by atoms with E-state index in [9.17, 15) is 14.7 Å². The Labute approximate surface area is 148 Å². The van der Waals surface area contributed by atoms with Gasteiger partial charge in [-0.3, -0.25) is 0 Å². The average Bonchev–Trinajstić information content (AvgIpc) is 2.84. The topological polar surface area (TPSA) is 79.3 Å². The smallest absolute Gasteiger partial charge is 0.429 e. The van der Waals surface area contributed by atoms with Gasteiger partial charge in [0, 0.05) is 0 Å². The molecule has 1 heterocycles. The summed E-state index contributed by atoms with van der Waals surface area (Å²) in [6, 6.07) is 8.89. The van der Waals surface area contributed by atoms with Gasteiger partial charge in [-0.1, -0.05) is 30.3 Å². The first-order valence-electron chi connectivity index (χ1n) is 8.49. The Kier molecular flexibility index (Phi) is 6.25. The van der Waals surface area contributed by atoms with E-state index in [1.807, 2.05) is 30.3 Å². The van der Waals surface area contributed by atoms with Gasteiger partial charge in [-0.25, -0.2) is 19.6 Å². The zero-order valence-electron chi connectivity index (χ0n) is 15.1. The molecule has 0 spiro atoms. The lowest BCUT2D eigenvalue weighted by molar-refractivity contribution is -0.0254. The van der Waals surface area contributed by atoms with E-state index in [1.165, 1.54) is 5.01 Å². The molecule has 2 amide bonds. The van der Waals surface area contributed by atoms with Gasteiger partial charge >= 0.3 is 12.2 Å². The Hall–Kier alpha value is -2.28. The molecule has 0 bridgehead atoms. The molecule has 1 aromatic rings. The minimum atomic E-state index is -0.889. The van der Waals surface area contributed by atoms with Crippen LogP contribution in [0, 0.1) is 0 Å². The molecule has 0 aliphatic carbocycles. The van der Waals surface area contributed by atoms with Gasteiger partial charge in [0.25, 0.3) is 0 Å². The monoisotopic (exact) mass is 350 g/mol. The molecule has 1 aliphatic heterocycles. The molecule has 138 valence electrons. The summed E-state index contributed by atoms with van der Waals surface area (Å²) in [5.41, 5.74) is 0.952. The van der Waals surface area contributed by atoms with E-state index in [-0.39, 0.29) is 18.8 Å². The number of ether oxygens (including phenoxy) is 2. The fourth-order valence-electron chi connectivity index (χ4n) is 2.72. The first-order valence-corrected chi connectivity index (χ1v) is 8.49. The molecule has 1 fully saturated rings. The van der Waals surface area contributed by atoms with Gasteiger partial charge in [0.2, 0.25) is 0 Å². The number of hydrogen-bond donors (Lipinski definition) is 1. The van der Waals surface area contributed by atoms with Crippen molar-refractivity contribution in [2.75, 3.05) is 6.54 Å². The Balaban J connectivity index is 2.25. The number of carbonyl (C=O) groups excluding carboxylic acids is 2. The third-order valence-corrected chi connectivity index (χ3v) is 3.74. The predicted octanol–water partition coefficient (Wildman–Crippen LogP) is 2.58. The molecule has 1 saturated heterocycles. The number of aliphatic hydroxyl groups is 1. The molecule has 0 unspecified atom stereocenters. The van der Waals surface area contributed by atoms with Crippen LogP contribution >= 0.6 is 0 Å². The Morgan fingerprint density at radius 3 is 2.20 bits per heavy atom. The third-order valence-electron chi connectivity index (χ3n) is 3.74. The van der Waals surface area contributed by atoms with Crippen LogP contribution in [-0.4, -0.2) is 58.2 Å². The molecule has 7 heteroatoms. The number of β-amino-alcohol motifs (C(OH)–C–C–N with tert-alkyl or cyclic N) is 1. The van der Waals surface area contributed by atoms with Crippen LogP contribution < -0.4 is 0 Å². The van der Waals surface area contributed by atoms with E-state index in [2.05, 4.69) is 0 Å². The van der Waals surface area contributed by atoms with Crippen molar-refractivity contribution in [1.82, 2.24) is 10.0 Å². The summed E-state index contributed by atoms with van der Waals surface area (Å²) in [5.74, 6) is 0. The highest BCUT2D eigenvalue weighted by atomic mass is 16.6. The summed E-state index contributed by atoms with van der Waals surface area (Å²) in [6.07, 6.45) is -2.51. The Morgan fingerprint density at radius 2 is 1.64 bits per heavy atom. The lowest BCUT2D eigenvalue weighted by atomic mass is 10.0. The average molecular weight is 350 g/mol. The Bertz CT molecular complexity index is 590. The van der Waals surface area contributed by atoms with Gasteiger partial charge in [0.05, 0.1) is 30.9 Å².